The molecular formula is C21H27N5O3. The minimum Gasteiger partial charge on any atom is -0.460 e. The van der Waals surface area contributed by atoms with Crippen LogP contribution < -0.4 is 4.90 Å². The Morgan fingerprint density at radius 3 is 2.38 bits per heavy atom. The molecule has 154 valence electrons. The Morgan fingerprint density at radius 2 is 1.76 bits per heavy atom. The Balaban J connectivity index is 1.85. The van der Waals surface area contributed by atoms with Gasteiger partial charge in [-0.3, -0.25) is 10.1 Å². The highest BCUT2D eigenvalue weighted by atomic mass is 16.6. The van der Waals surface area contributed by atoms with Crippen LogP contribution in [0.15, 0.2) is 16.5 Å². The lowest BCUT2D eigenvalue weighted by Gasteiger charge is -2.27. The molecular weight excluding hydrogens is 370 g/mol. The van der Waals surface area contributed by atoms with Crippen molar-refractivity contribution in [3.8, 4) is 0 Å². The molecule has 2 aromatic rings. The number of furan rings is 1. The van der Waals surface area contributed by atoms with E-state index in [2.05, 4.69) is 14.9 Å². The van der Waals surface area contributed by atoms with Gasteiger partial charge in [0.25, 0.3) is 0 Å². The van der Waals surface area contributed by atoms with Gasteiger partial charge in [0.05, 0.1) is 10.6 Å². The Morgan fingerprint density at radius 1 is 1.07 bits per heavy atom. The number of aryl methyl sites for hydroxylation is 2. The zero-order chi connectivity index (χ0) is 20.4. The maximum absolute atomic E-state index is 12.1. The standard InChI is InChI=1S/C21H27N5O3/c1-15-8-9-19(29-15)18(24-10-6-7-11-24)14-17-20(26(27)28)21(23-16(2)22-17)25-12-4-3-5-13-25/h8-9,14H,3-7,10-13H2,1-2H3/b18-14-. The van der Waals surface area contributed by atoms with Crippen LogP contribution in [0.4, 0.5) is 11.5 Å². The maximum Gasteiger partial charge on any atom is 0.337 e. The van der Waals surface area contributed by atoms with E-state index in [1.54, 1.807) is 6.92 Å². The lowest BCUT2D eigenvalue weighted by molar-refractivity contribution is -0.384. The van der Waals surface area contributed by atoms with Crippen LogP contribution >= 0.6 is 0 Å². The number of hydrogen-bond acceptors (Lipinski definition) is 7. The molecule has 0 aromatic carbocycles. The van der Waals surface area contributed by atoms with Crippen molar-refractivity contribution in [1.82, 2.24) is 14.9 Å². The molecule has 0 amide bonds. The number of hydrogen-bond donors (Lipinski definition) is 0. The summed E-state index contributed by atoms with van der Waals surface area (Å²) in [7, 11) is 0. The topological polar surface area (TPSA) is 88.5 Å². The molecule has 0 spiro atoms. The number of rotatable bonds is 5. The van der Waals surface area contributed by atoms with Crippen LogP contribution in [-0.2, 0) is 0 Å². The molecule has 2 aliphatic heterocycles. The van der Waals surface area contributed by atoms with E-state index >= 15 is 0 Å². The van der Waals surface area contributed by atoms with Gasteiger partial charge in [-0.15, -0.1) is 0 Å². The molecule has 8 heteroatoms. The molecule has 0 atom stereocenters. The molecule has 0 radical (unpaired) electrons. The summed E-state index contributed by atoms with van der Waals surface area (Å²) in [4.78, 5) is 24.9. The van der Waals surface area contributed by atoms with Gasteiger partial charge < -0.3 is 14.2 Å². The van der Waals surface area contributed by atoms with Gasteiger partial charge in [0.15, 0.2) is 0 Å². The molecule has 4 rings (SSSR count). The number of nitro groups is 1. The van der Waals surface area contributed by atoms with Crippen molar-refractivity contribution in [3.63, 3.8) is 0 Å². The van der Waals surface area contributed by atoms with Crippen molar-refractivity contribution >= 4 is 23.3 Å². The lowest BCUT2D eigenvalue weighted by atomic mass is 10.1. The van der Waals surface area contributed by atoms with Crippen LogP contribution in [0.2, 0.25) is 0 Å². The molecule has 8 nitrogen and oxygen atoms in total. The van der Waals surface area contributed by atoms with E-state index in [9.17, 15) is 10.1 Å². The van der Waals surface area contributed by atoms with Crippen LogP contribution in [0.1, 0.15) is 55.1 Å². The molecule has 2 saturated heterocycles. The normalized spacial score (nSPS) is 17.8. The van der Waals surface area contributed by atoms with Crippen molar-refractivity contribution in [2.45, 2.75) is 46.0 Å². The molecule has 0 unspecified atom stereocenters. The number of likely N-dealkylation sites (tertiary alicyclic amines) is 1. The van der Waals surface area contributed by atoms with Gasteiger partial charge in [0.2, 0.25) is 5.82 Å². The molecule has 2 aliphatic rings. The predicted octanol–water partition coefficient (Wildman–Crippen LogP) is 4.18. The third-order valence-corrected chi connectivity index (χ3v) is 5.56. The van der Waals surface area contributed by atoms with Crippen LogP contribution in [0.25, 0.3) is 11.8 Å². The molecule has 4 heterocycles. The predicted molar refractivity (Wildman–Crippen MR) is 112 cm³/mol. The first-order chi connectivity index (χ1) is 14.0. The molecule has 2 fully saturated rings. The van der Waals surface area contributed by atoms with E-state index in [1.807, 2.05) is 30.0 Å². The van der Waals surface area contributed by atoms with Crippen molar-refractivity contribution in [2.24, 2.45) is 0 Å². The zero-order valence-corrected chi connectivity index (χ0v) is 17.1. The van der Waals surface area contributed by atoms with E-state index in [0.717, 1.165) is 75.5 Å². The van der Waals surface area contributed by atoms with Gasteiger partial charge in [0.1, 0.15) is 23.0 Å². The number of piperidine rings is 1. The Hall–Kier alpha value is -2.90. The fourth-order valence-electron chi connectivity index (χ4n) is 4.15. The minimum absolute atomic E-state index is 0.0162. The number of nitrogens with zero attached hydrogens (tertiary/aromatic N) is 5. The lowest BCUT2D eigenvalue weighted by Crippen LogP contribution is -2.31. The SMILES string of the molecule is Cc1nc(/C=C(/c2ccc(C)o2)N2CCCC2)c([N+](=O)[O-])c(N2CCCCC2)n1. The summed E-state index contributed by atoms with van der Waals surface area (Å²) in [6, 6.07) is 3.84. The first kappa shape index (κ1) is 19.4. The van der Waals surface area contributed by atoms with Crippen molar-refractivity contribution < 1.29 is 9.34 Å². The Kier molecular flexibility index (Phi) is 5.51. The average Bonchev–Trinajstić information content (AvgIpc) is 3.38. The van der Waals surface area contributed by atoms with E-state index in [1.165, 1.54) is 0 Å². The smallest absolute Gasteiger partial charge is 0.337 e. The highest BCUT2D eigenvalue weighted by molar-refractivity contribution is 5.82. The summed E-state index contributed by atoms with van der Waals surface area (Å²) in [5.74, 6) is 2.51. The average molecular weight is 397 g/mol. The van der Waals surface area contributed by atoms with Crippen molar-refractivity contribution in [2.75, 3.05) is 31.1 Å². The van der Waals surface area contributed by atoms with Crippen LogP contribution in [0, 0.1) is 24.0 Å². The van der Waals surface area contributed by atoms with E-state index < -0.39 is 0 Å². The quantitative estimate of drug-likeness (QED) is 0.552. The maximum atomic E-state index is 12.1. The molecule has 0 bridgehead atoms. The minimum atomic E-state index is -0.343. The van der Waals surface area contributed by atoms with E-state index in [4.69, 9.17) is 4.42 Å². The Labute approximate surface area is 170 Å². The van der Waals surface area contributed by atoms with Gasteiger partial charge in [-0.25, -0.2) is 9.97 Å². The summed E-state index contributed by atoms with van der Waals surface area (Å²) in [6.07, 6.45) is 7.20. The van der Waals surface area contributed by atoms with Crippen molar-refractivity contribution in [3.05, 3.63) is 45.3 Å². The highest BCUT2D eigenvalue weighted by Gasteiger charge is 2.29. The van der Waals surface area contributed by atoms with Crippen LogP contribution in [-0.4, -0.2) is 46.0 Å². The second kappa shape index (κ2) is 8.23. The first-order valence-electron chi connectivity index (χ1n) is 10.3. The summed E-state index contributed by atoms with van der Waals surface area (Å²) >= 11 is 0. The number of aromatic nitrogens is 2. The third kappa shape index (κ3) is 4.11. The Bertz CT molecular complexity index is 924. The monoisotopic (exact) mass is 397 g/mol. The van der Waals surface area contributed by atoms with Gasteiger partial charge in [-0.05, 0) is 64.2 Å². The second-order valence-electron chi connectivity index (χ2n) is 7.77. The van der Waals surface area contributed by atoms with Crippen LogP contribution in [0.5, 0.6) is 0 Å². The molecule has 2 aromatic heterocycles. The largest absolute Gasteiger partial charge is 0.460 e. The van der Waals surface area contributed by atoms with Crippen LogP contribution in [0.3, 0.4) is 0 Å². The zero-order valence-electron chi connectivity index (χ0n) is 17.1. The summed E-state index contributed by atoms with van der Waals surface area (Å²) in [6.45, 7) is 7.08. The fourth-order valence-corrected chi connectivity index (χ4v) is 4.15. The van der Waals surface area contributed by atoms with Gasteiger partial charge in [-0.2, -0.15) is 0 Å². The van der Waals surface area contributed by atoms with E-state index in [0.29, 0.717) is 17.3 Å². The summed E-state index contributed by atoms with van der Waals surface area (Å²) < 4.78 is 5.87. The first-order valence-corrected chi connectivity index (χ1v) is 10.3. The molecule has 0 N–H and O–H groups in total. The second-order valence-corrected chi connectivity index (χ2v) is 7.77. The highest BCUT2D eigenvalue weighted by Crippen LogP contribution is 2.35. The summed E-state index contributed by atoms with van der Waals surface area (Å²) in [5, 5.41) is 12.1. The third-order valence-electron chi connectivity index (χ3n) is 5.56. The molecule has 0 saturated carbocycles. The van der Waals surface area contributed by atoms with Gasteiger partial charge in [-0.1, -0.05) is 0 Å². The van der Waals surface area contributed by atoms with Gasteiger partial charge >= 0.3 is 5.69 Å². The molecule has 0 aliphatic carbocycles. The number of anilines is 1. The van der Waals surface area contributed by atoms with E-state index in [-0.39, 0.29) is 10.6 Å². The fraction of sp³-hybridized carbons (Fsp3) is 0.524. The van der Waals surface area contributed by atoms with Gasteiger partial charge in [0, 0.05) is 26.2 Å². The molecule has 29 heavy (non-hydrogen) atoms. The van der Waals surface area contributed by atoms with Crippen molar-refractivity contribution in [1.29, 1.82) is 0 Å². The summed E-state index contributed by atoms with van der Waals surface area (Å²) in [5.41, 5.74) is 1.18.